The second kappa shape index (κ2) is 8.68. The predicted molar refractivity (Wildman–Crippen MR) is 108 cm³/mol. The molecule has 6 N–H and O–H groups in total. The number of benzene rings is 1. The van der Waals surface area contributed by atoms with Gasteiger partial charge in [-0.15, -0.1) is 0 Å². The molecule has 0 aliphatic carbocycles. The summed E-state index contributed by atoms with van der Waals surface area (Å²) in [5.74, 6) is -0.299. The van der Waals surface area contributed by atoms with Gasteiger partial charge in [0.25, 0.3) is 0 Å². The minimum atomic E-state index is -4.70. The Labute approximate surface area is 172 Å². The van der Waals surface area contributed by atoms with Gasteiger partial charge in [-0.05, 0) is 43.0 Å². The average Bonchev–Trinajstić information content (AvgIpc) is 2.60. The Morgan fingerprint density at radius 3 is 2.43 bits per heavy atom. The van der Waals surface area contributed by atoms with Gasteiger partial charge in [-0.1, -0.05) is 19.9 Å². The van der Waals surface area contributed by atoms with Crippen LogP contribution in [0.2, 0.25) is 0 Å². The highest BCUT2D eigenvalue weighted by Gasteiger charge is 2.37. The summed E-state index contributed by atoms with van der Waals surface area (Å²) in [6, 6.07) is 5.02. The minimum Gasteiger partial charge on any atom is -0.489 e. The van der Waals surface area contributed by atoms with E-state index >= 15 is 0 Å². The molecule has 2 rings (SSSR count). The van der Waals surface area contributed by atoms with Crippen molar-refractivity contribution in [2.75, 3.05) is 18.1 Å². The molecule has 1 unspecified atom stereocenters. The van der Waals surface area contributed by atoms with Crippen LogP contribution in [-0.4, -0.2) is 23.3 Å². The van der Waals surface area contributed by atoms with E-state index in [0.29, 0.717) is 12.0 Å². The SMILES string of the molecule is CC(C)CC(C)(COc1ccc(-c2ccnc(N)c2N)cc1C(F)(F)F)OC(N)=O. The molecule has 0 fully saturated rings. The lowest BCUT2D eigenvalue weighted by molar-refractivity contribution is -0.139. The molecule has 0 saturated carbocycles. The molecule has 1 heterocycles. The van der Waals surface area contributed by atoms with Gasteiger partial charge in [0.2, 0.25) is 0 Å². The first-order valence-corrected chi connectivity index (χ1v) is 9.15. The molecule has 0 radical (unpaired) electrons. The number of nitrogens with zero attached hydrogens (tertiary/aromatic N) is 1. The van der Waals surface area contributed by atoms with Crippen LogP contribution in [0.15, 0.2) is 30.5 Å². The number of ether oxygens (including phenoxy) is 2. The zero-order chi connectivity index (χ0) is 22.7. The molecule has 0 bridgehead atoms. The monoisotopic (exact) mass is 426 g/mol. The number of amides is 1. The largest absolute Gasteiger partial charge is 0.489 e. The van der Waals surface area contributed by atoms with Crippen LogP contribution in [0, 0.1) is 5.92 Å². The lowest BCUT2D eigenvalue weighted by atomic mass is 9.94. The van der Waals surface area contributed by atoms with E-state index in [1.165, 1.54) is 24.4 Å². The van der Waals surface area contributed by atoms with Crippen LogP contribution in [0.1, 0.15) is 32.8 Å². The minimum absolute atomic E-state index is 0.0226. The number of halogens is 3. The number of carbonyl (C=O) groups is 1. The Kier molecular flexibility index (Phi) is 6.69. The fraction of sp³-hybridized carbons (Fsp3) is 0.400. The zero-order valence-corrected chi connectivity index (χ0v) is 16.9. The van der Waals surface area contributed by atoms with Crippen molar-refractivity contribution >= 4 is 17.6 Å². The first-order valence-electron chi connectivity index (χ1n) is 9.15. The highest BCUT2D eigenvalue weighted by molar-refractivity contribution is 5.82. The maximum atomic E-state index is 13.7. The fourth-order valence-corrected chi connectivity index (χ4v) is 3.25. The van der Waals surface area contributed by atoms with Gasteiger partial charge in [-0.25, -0.2) is 9.78 Å². The van der Waals surface area contributed by atoms with Crippen LogP contribution in [0.5, 0.6) is 5.75 Å². The van der Waals surface area contributed by atoms with E-state index < -0.39 is 29.2 Å². The van der Waals surface area contributed by atoms with Crippen LogP contribution < -0.4 is 21.9 Å². The number of alkyl halides is 3. The molecular formula is C20H25F3N4O3. The molecule has 164 valence electrons. The summed E-state index contributed by atoms with van der Waals surface area (Å²) in [5, 5.41) is 0. The van der Waals surface area contributed by atoms with E-state index in [-0.39, 0.29) is 29.6 Å². The molecule has 0 aliphatic heterocycles. The molecule has 2 aromatic rings. The van der Waals surface area contributed by atoms with Gasteiger partial charge in [0.15, 0.2) is 0 Å². The van der Waals surface area contributed by atoms with Crippen LogP contribution in [-0.2, 0) is 10.9 Å². The number of aromatic nitrogens is 1. The Hall–Kier alpha value is -3.17. The summed E-state index contributed by atoms with van der Waals surface area (Å²) >= 11 is 0. The lowest BCUT2D eigenvalue weighted by Gasteiger charge is -2.30. The molecule has 1 aromatic heterocycles. The van der Waals surface area contributed by atoms with Crippen molar-refractivity contribution in [3.63, 3.8) is 0 Å². The smallest absolute Gasteiger partial charge is 0.419 e. The normalized spacial score (nSPS) is 13.7. The first-order chi connectivity index (χ1) is 13.8. The number of hydrogen-bond donors (Lipinski definition) is 3. The van der Waals surface area contributed by atoms with Crippen LogP contribution in [0.4, 0.5) is 29.5 Å². The number of nitrogens with two attached hydrogens (primary N) is 3. The molecule has 0 spiro atoms. The van der Waals surface area contributed by atoms with Gasteiger partial charge < -0.3 is 26.7 Å². The highest BCUT2D eigenvalue weighted by Crippen LogP contribution is 2.40. The third-order valence-corrected chi connectivity index (χ3v) is 4.34. The van der Waals surface area contributed by atoms with Crippen molar-refractivity contribution in [3.05, 3.63) is 36.0 Å². The second-order valence-electron chi connectivity index (χ2n) is 7.62. The Morgan fingerprint density at radius 1 is 1.20 bits per heavy atom. The summed E-state index contributed by atoms with van der Waals surface area (Å²) < 4.78 is 51.7. The third-order valence-electron chi connectivity index (χ3n) is 4.34. The first kappa shape index (κ1) is 23.1. The molecule has 1 atom stereocenters. The van der Waals surface area contributed by atoms with Crippen molar-refractivity contribution in [3.8, 4) is 16.9 Å². The number of rotatable bonds is 7. The third kappa shape index (κ3) is 5.68. The van der Waals surface area contributed by atoms with Gasteiger partial charge >= 0.3 is 12.3 Å². The van der Waals surface area contributed by atoms with E-state index in [1.54, 1.807) is 6.92 Å². The summed E-state index contributed by atoms with van der Waals surface area (Å²) in [6.07, 6.45) is -4.02. The summed E-state index contributed by atoms with van der Waals surface area (Å²) in [6.45, 7) is 5.01. The Bertz CT molecular complexity index is 919. The standard InChI is InChI=1S/C20H25F3N4O3/c1-11(2)9-19(3,30-18(26)28)10-29-15-5-4-12(8-14(15)20(21,22)23)13-6-7-27-17(25)16(13)24/h4-8,11H,9-10,24H2,1-3H3,(H2,25,27)(H2,26,28). The number of primary amides is 1. The summed E-state index contributed by atoms with van der Waals surface area (Å²) in [5.41, 5.74) is 15.0. The maximum Gasteiger partial charge on any atom is 0.419 e. The summed E-state index contributed by atoms with van der Waals surface area (Å²) in [4.78, 5) is 15.0. The van der Waals surface area contributed by atoms with Gasteiger partial charge in [-0.2, -0.15) is 13.2 Å². The average molecular weight is 426 g/mol. The van der Waals surface area contributed by atoms with Crippen LogP contribution in [0.3, 0.4) is 0 Å². The topological polar surface area (TPSA) is 126 Å². The van der Waals surface area contributed by atoms with Gasteiger partial charge in [-0.3, -0.25) is 0 Å². The van der Waals surface area contributed by atoms with Crippen molar-refractivity contribution in [2.45, 2.75) is 39.0 Å². The predicted octanol–water partition coefficient (Wildman–Crippen LogP) is 4.21. The van der Waals surface area contributed by atoms with Crippen LogP contribution >= 0.6 is 0 Å². The van der Waals surface area contributed by atoms with E-state index in [2.05, 4.69) is 4.98 Å². The molecular weight excluding hydrogens is 401 g/mol. The number of hydrogen-bond acceptors (Lipinski definition) is 6. The quantitative estimate of drug-likeness (QED) is 0.609. The molecule has 1 amide bonds. The van der Waals surface area contributed by atoms with Gasteiger partial charge in [0.1, 0.15) is 23.8 Å². The summed E-state index contributed by atoms with van der Waals surface area (Å²) in [7, 11) is 0. The Morgan fingerprint density at radius 2 is 1.87 bits per heavy atom. The van der Waals surface area contributed by atoms with Gasteiger partial charge in [0, 0.05) is 11.8 Å². The molecule has 30 heavy (non-hydrogen) atoms. The molecule has 0 aliphatic rings. The van der Waals surface area contributed by atoms with Crippen molar-refractivity contribution in [2.24, 2.45) is 11.7 Å². The Balaban J connectivity index is 2.40. The lowest BCUT2D eigenvalue weighted by Crippen LogP contribution is -2.41. The van der Waals surface area contributed by atoms with Gasteiger partial charge in [0.05, 0.1) is 11.3 Å². The molecule has 10 heteroatoms. The molecule has 0 saturated heterocycles. The molecule has 1 aromatic carbocycles. The van der Waals surface area contributed by atoms with E-state index in [0.717, 1.165) is 6.07 Å². The fourth-order valence-electron chi connectivity index (χ4n) is 3.25. The zero-order valence-electron chi connectivity index (χ0n) is 16.9. The maximum absolute atomic E-state index is 13.7. The van der Waals surface area contributed by atoms with E-state index in [4.69, 9.17) is 26.7 Å². The number of nitrogen functional groups attached to an aromatic ring is 2. The second-order valence-corrected chi connectivity index (χ2v) is 7.62. The van der Waals surface area contributed by atoms with E-state index in [9.17, 15) is 18.0 Å². The number of pyridine rings is 1. The van der Waals surface area contributed by atoms with Crippen molar-refractivity contribution < 1.29 is 27.4 Å². The van der Waals surface area contributed by atoms with Crippen molar-refractivity contribution in [1.29, 1.82) is 0 Å². The molecule has 7 nitrogen and oxygen atoms in total. The van der Waals surface area contributed by atoms with Crippen LogP contribution in [0.25, 0.3) is 11.1 Å². The number of anilines is 2. The van der Waals surface area contributed by atoms with Crippen molar-refractivity contribution in [1.82, 2.24) is 4.98 Å². The number of carbonyl (C=O) groups excluding carboxylic acids is 1. The van der Waals surface area contributed by atoms with E-state index in [1.807, 2.05) is 13.8 Å². The highest BCUT2D eigenvalue weighted by atomic mass is 19.4.